The molecule has 1 aromatic carbocycles. The number of anilines is 2. The topological polar surface area (TPSA) is 103 Å². The minimum atomic E-state index is -0.652. The van der Waals surface area contributed by atoms with E-state index in [1.807, 2.05) is 31.2 Å². The first-order chi connectivity index (χ1) is 16.7. The molecule has 1 aliphatic carbocycles. The largest absolute Gasteiger partial charge is 0.441 e. The van der Waals surface area contributed by atoms with Crippen molar-refractivity contribution in [3.8, 4) is 0 Å². The van der Waals surface area contributed by atoms with Gasteiger partial charge in [-0.15, -0.1) is 0 Å². The van der Waals surface area contributed by atoms with E-state index >= 15 is 0 Å². The minimum Gasteiger partial charge on any atom is -0.441 e. The fourth-order valence-electron chi connectivity index (χ4n) is 5.52. The maximum atomic E-state index is 11.8. The molecule has 1 saturated heterocycles. The number of hydrogen-bond donors (Lipinski definition) is 3. The molecule has 3 aliphatic rings. The van der Waals surface area contributed by atoms with Crippen molar-refractivity contribution in [2.45, 2.75) is 70.0 Å². The molecule has 1 saturated carbocycles. The zero-order valence-corrected chi connectivity index (χ0v) is 21.3. The lowest BCUT2D eigenvalue weighted by Crippen LogP contribution is -2.58. The highest BCUT2D eigenvalue weighted by Gasteiger charge is 2.62. The molecule has 9 nitrogen and oxygen atoms in total. The van der Waals surface area contributed by atoms with Gasteiger partial charge in [0.2, 0.25) is 0 Å². The van der Waals surface area contributed by atoms with E-state index in [0.29, 0.717) is 36.5 Å². The molecule has 5 atom stereocenters. The molecule has 35 heavy (non-hydrogen) atoms. The predicted octanol–water partition coefficient (Wildman–Crippen LogP) is 3.51. The Bertz CT molecular complexity index is 1100. The van der Waals surface area contributed by atoms with Crippen LogP contribution in [0.1, 0.15) is 57.3 Å². The van der Waals surface area contributed by atoms with Gasteiger partial charge in [-0.05, 0) is 38.0 Å². The van der Waals surface area contributed by atoms with E-state index < -0.39 is 18.4 Å². The summed E-state index contributed by atoms with van der Waals surface area (Å²) in [5.74, 6) is 1.20. The maximum absolute atomic E-state index is 11.8. The van der Waals surface area contributed by atoms with E-state index in [9.17, 15) is 9.90 Å². The quantitative estimate of drug-likeness (QED) is 0.530. The molecule has 3 N–H and O–H groups in total. The van der Waals surface area contributed by atoms with Gasteiger partial charge in [0.25, 0.3) is 0 Å². The predicted molar refractivity (Wildman–Crippen MR) is 135 cm³/mol. The number of aliphatic hydroxyl groups is 1. The molecule has 0 radical (unpaired) electrons. The number of fused-ring (bicyclic) bond motifs is 2. The standard InChI is InChI=1S/C25H33ClN6O3/c1-14(2)27-12-18(16-5-7-17(26)8-6-16)23(33)32-10-9-31(19-11-25(19,32)4)22-20-15(3)35-24(34)30-21(20)28-13-29-22/h5-8,13-15,18-19,23,27,33H,9-12H2,1-4H3,(H,28,29,30,34)/t15-,18+,19-,23?,25+/m0/s1. The Morgan fingerprint density at radius 1 is 1.29 bits per heavy atom. The Morgan fingerprint density at radius 3 is 2.74 bits per heavy atom. The second-order valence-corrected chi connectivity index (χ2v) is 10.7. The first-order valence-electron chi connectivity index (χ1n) is 12.2. The van der Waals surface area contributed by atoms with Crippen LogP contribution in [0, 0.1) is 0 Å². The van der Waals surface area contributed by atoms with Crippen LogP contribution in [-0.4, -0.2) is 69.6 Å². The summed E-state index contributed by atoms with van der Waals surface area (Å²) in [4.78, 5) is 25.2. The van der Waals surface area contributed by atoms with E-state index in [0.717, 1.165) is 23.4 Å². The molecular formula is C25H33ClN6O3. The smallest absolute Gasteiger partial charge is 0.413 e. The van der Waals surface area contributed by atoms with Crippen LogP contribution in [-0.2, 0) is 4.74 Å². The van der Waals surface area contributed by atoms with Gasteiger partial charge in [-0.1, -0.05) is 37.6 Å². The lowest BCUT2D eigenvalue weighted by Gasteiger charge is -2.45. The van der Waals surface area contributed by atoms with Gasteiger partial charge in [0.15, 0.2) is 0 Å². The van der Waals surface area contributed by atoms with E-state index in [4.69, 9.17) is 16.3 Å². The Kier molecular flexibility index (Phi) is 6.37. The fourth-order valence-corrected chi connectivity index (χ4v) is 5.65. The molecule has 1 amide bonds. The van der Waals surface area contributed by atoms with Crippen LogP contribution in [0.5, 0.6) is 0 Å². The van der Waals surface area contributed by atoms with Crippen molar-refractivity contribution >= 4 is 29.3 Å². The Labute approximate surface area is 210 Å². The second-order valence-electron chi connectivity index (χ2n) is 10.2. The fraction of sp³-hybridized carbons (Fsp3) is 0.560. The lowest BCUT2D eigenvalue weighted by molar-refractivity contribution is -0.0534. The van der Waals surface area contributed by atoms with Crippen molar-refractivity contribution in [1.29, 1.82) is 0 Å². The summed E-state index contributed by atoms with van der Waals surface area (Å²) < 4.78 is 5.39. The van der Waals surface area contributed by atoms with Crippen LogP contribution in [0.2, 0.25) is 5.02 Å². The van der Waals surface area contributed by atoms with Crippen molar-refractivity contribution in [3.63, 3.8) is 0 Å². The molecule has 2 aromatic rings. The number of ether oxygens (including phenoxy) is 1. The number of piperazine rings is 1. The van der Waals surface area contributed by atoms with Gasteiger partial charge < -0.3 is 20.1 Å². The maximum Gasteiger partial charge on any atom is 0.413 e. The molecule has 2 aliphatic heterocycles. The molecule has 2 fully saturated rings. The van der Waals surface area contributed by atoms with Crippen molar-refractivity contribution in [2.24, 2.45) is 0 Å². The highest BCUT2D eigenvalue weighted by Crippen LogP contribution is 2.52. The van der Waals surface area contributed by atoms with E-state index in [1.165, 1.54) is 6.33 Å². The SMILES string of the molecule is CC(C)NC[C@H](c1ccc(Cl)cc1)C(O)N1CCN(c2ncnc3c2[C@H](C)OC(=O)N3)[C@H]2C[C@]21C. The number of halogens is 1. The monoisotopic (exact) mass is 500 g/mol. The van der Waals surface area contributed by atoms with Crippen molar-refractivity contribution in [1.82, 2.24) is 20.2 Å². The molecule has 188 valence electrons. The Morgan fingerprint density at radius 2 is 2.03 bits per heavy atom. The number of nitrogens with one attached hydrogen (secondary N) is 2. The Balaban J connectivity index is 1.39. The number of carbonyl (C=O) groups excluding carboxylic acids is 1. The zero-order valence-electron chi connectivity index (χ0n) is 20.5. The van der Waals surface area contributed by atoms with Gasteiger partial charge in [0.05, 0.1) is 11.6 Å². The van der Waals surface area contributed by atoms with Gasteiger partial charge in [-0.25, -0.2) is 14.8 Å². The summed E-state index contributed by atoms with van der Waals surface area (Å²) in [6.07, 6.45) is 0.819. The summed E-state index contributed by atoms with van der Waals surface area (Å²) in [5.41, 5.74) is 1.67. The lowest BCUT2D eigenvalue weighted by atomic mass is 9.94. The number of rotatable bonds is 7. The van der Waals surface area contributed by atoms with E-state index in [-0.39, 0.29) is 17.5 Å². The first-order valence-corrected chi connectivity index (χ1v) is 12.6. The third-order valence-corrected chi connectivity index (χ3v) is 7.80. The highest BCUT2D eigenvalue weighted by molar-refractivity contribution is 6.30. The summed E-state index contributed by atoms with van der Waals surface area (Å²) in [7, 11) is 0. The molecule has 0 spiro atoms. The molecule has 1 unspecified atom stereocenters. The molecule has 3 heterocycles. The molecular weight excluding hydrogens is 468 g/mol. The molecule has 5 rings (SSSR count). The highest BCUT2D eigenvalue weighted by atomic mass is 35.5. The minimum absolute atomic E-state index is 0.102. The number of amides is 1. The van der Waals surface area contributed by atoms with Crippen molar-refractivity contribution in [3.05, 3.63) is 46.7 Å². The Hall–Kier alpha value is -2.46. The average molecular weight is 501 g/mol. The van der Waals surface area contributed by atoms with Crippen LogP contribution in [0.25, 0.3) is 0 Å². The third-order valence-electron chi connectivity index (χ3n) is 7.55. The number of aliphatic hydroxyl groups excluding tert-OH is 1. The van der Waals surface area contributed by atoms with Gasteiger partial charge in [0.1, 0.15) is 30.3 Å². The van der Waals surface area contributed by atoms with Gasteiger partial charge in [-0.3, -0.25) is 10.2 Å². The number of aromatic nitrogens is 2. The van der Waals surface area contributed by atoms with Gasteiger partial charge in [-0.2, -0.15) is 0 Å². The summed E-state index contributed by atoms with van der Waals surface area (Å²) in [5, 5.41) is 18.6. The number of hydrogen-bond acceptors (Lipinski definition) is 8. The molecule has 10 heteroatoms. The molecule has 1 aromatic heterocycles. The van der Waals surface area contributed by atoms with Crippen molar-refractivity contribution in [2.75, 3.05) is 29.9 Å². The first kappa shape index (κ1) is 24.2. The normalized spacial score (nSPS) is 27.5. The van der Waals surface area contributed by atoms with Crippen LogP contribution in [0.15, 0.2) is 30.6 Å². The van der Waals surface area contributed by atoms with Crippen LogP contribution in [0.3, 0.4) is 0 Å². The second kappa shape index (κ2) is 9.20. The zero-order chi connectivity index (χ0) is 24.9. The van der Waals surface area contributed by atoms with Crippen molar-refractivity contribution < 1.29 is 14.6 Å². The average Bonchev–Trinajstić information content (AvgIpc) is 3.51. The summed E-state index contributed by atoms with van der Waals surface area (Å²) in [6.45, 7) is 10.3. The van der Waals surface area contributed by atoms with Crippen LogP contribution in [0.4, 0.5) is 16.4 Å². The third kappa shape index (κ3) is 4.46. The van der Waals surface area contributed by atoms with E-state index in [1.54, 1.807) is 0 Å². The number of nitrogens with zero attached hydrogens (tertiary/aromatic N) is 4. The number of benzene rings is 1. The number of cyclic esters (lactones) is 1. The number of carbonyl (C=O) groups is 1. The summed E-state index contributed by atoms with van der Waals surface area (Å²) in [6, 6.07) is 8.27. The molecule has 0 bridgehead atoms. The van der Waals surface area contributed by atoms with E-state index in [2.05, 4.69) is 51.2 Å². The van der Waals surface area contributed by atoms with Crippen LogP contribution >= 0.6 is 11.6 Å². The van der Waals surface area contributed by atoms with Crippen LogP contribution < -0.4 is 15.5 Å². The van der Waals surface area contributed by atoms with Gasteiger partial charge in [0, 0.05) is 42.2 Å². The summed E-state index contributed by atoms with van der Waals surface area (Å²) >= 11 is 6.13. The van der Waals surface area contributed by atoms with Gasteiger partial charge >= 0.3 is 6.09 Å².